The van der Waals surface area contributed by atoms with Gasteiger partial charge in [0.25, 0.3) is 0 Å². The highest BCUT2D eigenvalue weighted by atomic mass is 32.2. The van der Waals surface area contributed by atoms with Gasteiger partial charge in [-0.1, -0.05) is 19.1 Å². The average molecular weight is 256 g/mol. The summed E-state index contributed by atoms with van der Waals surface area (Å²) >= 11 is 0. The number of hydrogen-bond donors (Lipinski definition) is 1. The molecule has 0 aromatic heterocycles. The van der Waals surface area contributed by atoms with E-state index < -0.39 is 15.9 Å². The number of aryl methyl sites for hydroxylation is 1. The highest BCUT2D eigenvalue weighted by molar-refractivity contribution is 7.89. The molecule has 0 heterocycles. The van der Waals surface area contributed by atoms with Crippen molar-refractivity contribution in [3.05, 3.63) is 29.8 Å². The number of hydrogen-bond acceptors (Lipinski definition) is 3. The molecule has 0 radical (unpaired) electrons. The molecule has 0 saturated carbocycles. The molecule has 5 nitrogen and oxygen atoms in total. The summed E-state index contributed by atoms with van der Waals surface area (Å²) in [5.41, 5.74) is 6.03. The molecule has 1 rings (SSSR count). The minimum absolute atomic E-state index is 0.165. The standard InChI is InChI=1S/C11H16N2O3S/c1-3-9-4-6-10(7-5-9)17(15,16)13(2)8-11(12)14/h4-7H,3,8H2,1-2H3,(H2,12,14). The maximum absolute atomic E-state index is 12.0. The summed E-state index contributed by atoms with van der Waals surface area (Å²) in [6, 6.07) is 6.58. The highest BCUT2D eigenvalue weighted by Crippen LogP contribution is 2.15. The molecule has 0 spiro atoms. The van der Waals surface area contributed by atoms with Crippen molar-refractivity contribution >= 4 is 15.9 Å². The number of primary amides is 1. The maximum Gasteiger partial charge on any atom is 0.243 e. The molecule has 1 aromatic carbocycles. The van der Waals surface area contributed by atoms with Crippen LogP contribution in [-0.2, 0) is 21.2 Å². The van der Waals surface area contributed by atoms with Crippen LogP contribution in [0, 0.1) is 0 Å². The zero-order chi connectivity index (χ0) is 13.1. The second-order valence-electron chi connectivity index (χ2n) is 3.72. The Bertz CT molecular complexity index is 494. The first-order chi connectivity index (χ1) is 7.87. The predicted molar refractivity (Wildman–Crippen MR) is 64.8 cm³/mol. The lowest BCUT2D eigenvalue weighted by atomic mass is 10.2. The van der Waals surface area contributed by atoms with Crippen LogP contribution in [-0.4, -0.2) is 32.2 Å². The Morgan fingerprint density at radius 3 is 2.24 bits per heavy atom. The second kappa shape index (κ2) is 5.29. The number of likely N-dealkylation sites (N-methyl/N-ethyl adjacent to an activating group) is 1. The van der Waals surface area contributed by atoms with Crippen LogP contribution in [0.3, 0.4) is 0 Å². The van der Waals surface area contributed by atoms with Gasteiger partial charge in [-0.15, -0.1) is 0 Å². The van der Waals surface area contributed by atoms with E-state index in [1.807, 2.05) is 6.92 Å². The van der Waals surface area contributed by atoms with Crippen LogP contribution in [0.25, 0.3) is 0 Å². The van der Waals surface area contributed by atoms with E-state index in [9.17, 15) is 13.2 Å². The Morgan fingerprint density at radius 1 is 1.29 bits per heavy atom. The molecule has 1 aromatic rings. The van der Waals surface area contributed by atoms with Crippen molar-refractivity contribution in [1.82, 2.24) is 4.31 Å². The average Bonchev–Trinajstić information content (AvgIpc) is 2.28. The van der Waals surface area contributed by atoms with E-state index >= 15 is 0 Å². The van der Waals surface area contributed by atoms with Gasteiger partial charge in [-0.3, -0.25) is 4.79 Å². The van der Waals surface area contributed by atoms with Crippen molar-refractivity contribution in [3.8, 4) is 0 Å². The SMILES string of the molecule is CCc1ccc(S(=O)(=O)N(C)CC(N)=O)cc1. The van der Waals surface area contributed by atoms with Gasteiger partial charge in [-0.2, -0.15) is 4.31 Å². The van der Waals surface area contributed by atoms with Crippen LogP contribution in [0.5, 0.6) is 0 Å². The molecule has 17 heavy (non-hydrogen) atoms. The smallest absolute Gasteiger partial charge is 0.243 e. The van der Waals surface area contributed by atoms with Gasteiger partial charge in [0.1, 0.15) is 0 Å². The molecule has 94 valence electrons. The maximum atomic E-state index is 12.0. The molecule has 6 heteroatoms. The number of benzene rings is 1. The normalized spacial score (nSPS) is 11.7. The molecule has 0 aliphatic heterocycles. The fourth-order valence-corrected chi connectivity index (χ4v) is 2.52. The van der Waals surface area contributed by atoms with Crippen LogP contribution in [0.2, 0.25) is 0 Å². The van der Waals surface area contributed by atoms with Gasteiger partial charge in [0.2, 0.25) is 15.9 Å². The van der Waals surface area contributed by atoms with E-state index in [4.69, 9.17) is 5.73 Å². The topological polar surface area (TPSA) is 80.5 Å². The minimum atomic E-state index is -3.63. The summed E-state index contributed by atoms with van der Waals surface area (Å²) in [6.07, 6.45) is 0.845. The first-order valence-electron chi connectivity index (χ1n) is 5.21. The summed E-state index contributed by atoms with van der Waals surface area (Å²) in [4.78, 5) is 10.9. The molecule has 0 bridgehead atoms. The minimum Gasteiger partial charge on any atom is -0.369 e. The Kier molecular flexibility index (Phi) is 4.25. The molecular formula is C11H16N2O3S. The molecule has 2 N–H and O–H groups in total. The summed E-state index contributed by atoms with van der Waals surface area (Å²) in [7, 11) is -2.30. The Balaban J connectivity index is 3.00. The summed E-state index contributed by atoms with van der Waals surface area (Å²) in [6.45, 7) is 1.67. The number of rotatable bonds is 5. The number of nitrogens with two attached hydrogens (primary N) is 1. The third kappa shape index (κ3) is 3.28. The van der Waals surface area contributed by atoms with Crippen LogP contribution < -0.4 is 5.73 Å². The van der Waals surface area contributed by atoms with Gasteiger partial charge in [-0.05, 0) is 24.1 Å². The van der Waals surface area contributed by atoms with Gasteiger partial charge in [-0.25, -0.2) is 8.42 Å². The highest BCUT2D eigenvalue weighted by Gasteiger charge is 2.21. The van der Waals surface area contributed by atoms with Gasteiger partial charge < -0.3 is 5.73 Å². The number of carbonyl (C=O) groups is 1. The van der Waals surface area contributed by atoms with Gasteiger partial charge in [0.15, 0.2) is 0 Å². The number of carbonyl (C=O) groups excluding carboxylic acids is 1. The summed E-state index contributed by atoms with van der Waals surface area (Å²) < 4.78 is 24.9. The lowest BCUT2D eigenvalue weighted by Gasteiger charge is -2.15. The molecule has 0 aliphatic carbocycles. The van der Waals surface area contributed by atoms with E-state index in [1.54, 1.807) is 12.1 Å². The van der Waals surface area contributed by atoms with Crippen molar-refractivity contribution in [2.45, 2.75) is 18.2 Å². The van der Waals surface area contributed by atoms with Crippen LogP contribution in [0.1, 0.15) is 12.5 Å². The van der Waals surface area contributed by atoms with Crippen LogP contribution in [0.4, 0.5) is 0 Å². The number of amides is 1. The molecule has 0 atom stereocenters. The largest absolute Gasteiger partial charge is 0.369 e. The second-order valence-corrected chi connectivity index (χ2v) is 5.77. The zero-order valence-electron chi connectivity index (χ0n) is 9.88. The molecule has 0 saturated heterocycles. The fourth-order valence-electron chi connectivity index (χ4n) is 1.38. The third-order valence-electron chi connectivity index (χ3n) is 2.42. The molecule has 0 unspecified atom stereocenters. The number of nitrogens with zero attached hydrogens (tertiary/aromatic N) is 1. The molecule has 1 amide bonds. The first-order valence-corrected chi connectivity index (χ1v) is 6.65. The lowest BCUT2D eigenvalue weighted by molar-refractivity contribution is -0.118. The van der Waals surface area contributed by atoms with Crippen molar-refractivity contribution in [2.24, 2.45) is 5.73 Å². The van der Waals surface area contributed by atoms with Crippen molar-refractivity contribution in [2.75, 3.05) is 13.6 Å². The van der Waals surface area contributed by atoms with Crippen LogP contribution in [0.15, 0.2) is 29.2 Å². The molecular weight excluding hydrogens is 240 g/mol. The molecule has 0 fully saturated rings. The van der Waals surface area contributed by atoms with Gasteiger partial charge in [0, 0.05) is 7.05 Å². The molecule has 0 aliphatic rings. The lowest BCUT2D eigenvalue weighted by Crippen LogP contribution is -2.35. The predicted octanol–water partition coefficient (Wildman–Crippen LogP) is 0.355. The summed E-state index contributed by atoms with van der Waals surface area (Å²) in [5, 5.41) is 0. The van der Waals surface area contributed by atoms with Crippen molar-refractivity contribution in [3.63, 3.8) is 0 Å². The monoisotopic (exact) mass is 256 g/mol. The quantitative estimate of drug-likeness (QED) is 0.825. The summed E-state index contributed by atoms with van der Waals surface area (Å²) in [5.74, 6) is -0.679. The van der Waals surface area contributed by atoms with Crippen molar-refractivity contribution < 1.29 is 13.2 Å². The van der Waals surface area contributed by atoms with Gasteiger partial charge >= 0.3 is 0 Å². The fraction of sp³-hybridized carbons (Fsp3) is 0.364. The third-order valence-corrected chi connectivity index (χ3v) is 4.24. The van der Waals surface area contributed by atoms with E-state index in [0.29, 0.717) is 0 Å². The Morgan fingerprint density at radius 2 is 1.82 bits per heavy atom. The van der Waals surface area contributed by atoms with E-state index in [0.717, 1.165) is 16.3 Å². The Hall–Kier alpha value is -1.40. The van der Waals surface area contributed by atoms with Crippen molar-refractivity contribution in [1.29, 1.82) is 0 Å². The van der Waals surface area contributed by atoms with Gasteiger partial charge in [0.05, 0.1) is 11.4 Å². The van der Waals surface area contributed by atoms with Crippen LogP contribution >= 0.6 is 0 Å². The first kappa shape index (κ1) is 13.7. The zero-order valence-corrected chi connectivity index (χ0v) is 10.7. The van der Waals surface area contributed by atoms with E-state index in [2.05, 4.69) is 0 Å². The van der Waals surface area contributed by atoms with E-state index in [-0.39, 0.29) is 11.4 Å². The Labute approximate surface area is 101 Å². The van der Waals surface area contributed by atoms with E-state index in [1.165, 1.54) is 19.2 Å². The number of sulfonamides is 1.